The molecule has 1 aliphatic rings. The average molecular weight is 302 g/mol. The second kappa shape index (κ2) is 5.37. The van der Waals surface area contributed by atoms with Crippen molar-refractivity contribution in [2.75, 3.05) is 18.0 Å². The lowest BCUT2D eigenvalue weighted by Gasteiger charge is -2.23. The monoisotopic (exact) mass is 302 g/mol. The molecule has 1 aliphatic carbocycles. The van der Waals surface area contributed by atoms with Gasteiger partial charge in [-0.25, -0.2) is 17.9 Å². The van der Waals surface area contributed by atoms with E-state index in [9.17, 15) is 17.6 Å². The molecule has 0 spiro atoms. The van der Waals surface area contributed by atoms with E-state index in [1.807, 2.05) is 0 Å². The molecule has 1 fully saturated rings. The minimum Gasteiger partial charge on any atom is -0.480 e. The lowest BCUT2D eigenvalue weighted by atomic mass is 10.2. The summed E-state index contributed by atoms with van der Waals surface area (Å²) in [4.78, 5) is 11.9. The molecule has 1 aromatic rings. The molecule has 0 unspecified atom stereocenters. The van der Waals surface area contributed by atoms with Crippen LogP contribution in [-0.2, 0) is 14.8 Å². The Morgan fingerprint density at radius 2 is 2.10 bits per heavy atom. The summed E-state index contributed by atoms with van der Waals surface area (Å²) in [5, 5.41) is 13.8. The number of nitrogens with zero attached hydrogens (tertiary/aromatic N) is 1. The minimum atomic E-state index is -3.98. The van der Waals surface area contributed by atoms with E-state index < -0.39 is 21.8 Å². The van der Waals surface area contributed by atoms with Gasteiger partial charge in [-0.1, -0.05) is 0 Å². The fraction of sp³-hybridized carbons (Fsp3) is 0.417. The van der Waals surface area contributed by atoms with Gasteiger partial charge >= 0.3 is 5.97 Å². The average Bonchev–Trinajstić information content (AvgIpc) is 3.10. The summed E-state index contributed by atoms with van der Waals surface area (Å²) in [5.74, 6) is -1.49. The van der Waals surface area contributed by atoms with Crippen LogP contribution in [0.15, 0.2) is 23.1 Å². The number of halogens is 1. The van der Waals surface area contributed by atoms with Gasteiger partial charge in [-0.3, -0.25) is 4.79 Å². The fourth-order valence-electron chi connectivity index (χ4n) is 1.94. The normalized spacial score (nSPS) is 15.1. The Labute approximate surface area is 116 Å². The van der Waals surface area contributed by atoms with E-state index in [0.717, 1.165) is 18.9 Å². The summed E-state index contributed by atoms with van der Waals surface area (Å²) in [6.07, 6.45) is 1.99. The van der Waals surface area contributed by atoms with Crippen LogP contribution in [-0.4, -0.2) is 32.6 Å². The van der Waals surface area contributed by atoms with E-state index in [0.29, 0.717) is 12.5 Å². The number of sulfonamides is 1. The Bertz CT molecular complexity index is 628. The van der Waals surface area contributed by atoms with Gasteiger partial charge < -0.3 is 10.0 Å². The van der Waals surface area contributed by atoms with Crippen LogP contribution in [0.3, 0.4) is 0 Å². The molecule has 0 atom stereocenters. The van der Waals surface area contributed by atoms with Crippen molar-refractivity contribution in [2.24, 2.45) is 11.1 Å². The highest BCUT2D eigenvalue weighted by Gasteiger charge is 2.27. The topological polar surface area (TPSA) is 101 Å². The van der Waals surface area contributed by atoms with Crippen LogP contribution in [0.2, 0.25) is 0 Å². The summed E-state index contributed by atoms with van der Waals surface area (Å²) < 4.78 is 36.3. The Kier molecular flexibility index (Phi) is 3.96. The lowest BCUT2D eigenvalue weighted by molar-refractivity contribution is -0.135. The molecule has 1 saturated carbocycles. The number of aliphatic carboxylic acids is 1. The van der Waals surface area contributed by atoms with Gasteiger partial charge in [-0.05, 0) is 37.0 Å². The van der Waals surface area contributed by atoms with Crippen LogP contribution in [0.1, 0.15) is 12.8 Å². The number of rotatable bonds is 6. The van der Waals surface area contributed by atoms with Crippen LogP contribution in [0.5, 0.6) is 0 Å². The Balaban J connectivity index is 2.30. The second-order valence-electron chi connectivity index (χ2n) is 4.88. The van der Waals surface area contributed by atoms with Gasteiger partial charge in [-0.2, -0.15) is 0 Å². The van der Waals surface area contributed by atoms with Crippen molar-refractivity contribution < 1.29 is 22.7 Å². The number of benzene rings is 1. The number of carbonyl (C=O) groups is 1. The number of anilines is 1. The molecule has 110 valence electrons. The maximum atomic E-state index is 14.0. The third kappa shape index (κ3) is 3.67. The zero-order chi connectivity index (χ0) is 14.9. The van der Waals surface area contributed by atoms with Crippen LogP contribution in [0, 0.1) is 11.7 Å². The Morgan fingerprint density at radius 1 is 1.45 bits per heavy atom. The molecule has 0 saturated heterocycles. The Hall–Kier alpha value is -1.67. The van der Waals surface area contributed by atoms with Crippen molar-refractivity contribution in [3.05, 3.63) is 24.0 Å². The molecule has 20 heavy (non-hydrogen) atoms. The molecule has 0 aliphatic heterocycles. The third-order valence-electron chi connectivity index (χ3n) is 3.09. The van der Waals surface area contributed by atoms with Crippen LogP contribution >= 0.6 is 0 Å². The molecule has 2 rings (SSSR count). The van der Waals surface area contributed by atoms with Gasteiger partial charge in [0.1, 0.15) is 12.4 Å². The van der Waals surface area contributed by atoms with Gasteiger partial charge in [0.15, 0.2) is 0 Å². The van der Waals surface area contributed by atoms with Gasteiger partial charge in [-0.15, -0.1) is 0 Å². The third-order valence-corrected chi connectivity index (χ3v) is 4.00. The molecular weight excluding hydrogens is 287 g/mol. The summed E-state index contributed by atoms with van der Waals surface area (Å²) >= 11 is 0. The predicted octanol–water partition coefficient (Wildman–Crippen LogP) is 0.774. The van der Waals surface area contributed by atoms with Crippen molar-refractivity contribution >= 4 is 21.7 Å². The standard InChI is InChI=1S/C12H15FN2O4S/c13-10-5-9(20(14,18)19)3-4-11(10)15(7-12(16)17)6-8-1-2-8/h3-5,8H,1-2,6-7H2,(H,16,17)(H2,14,18,19). The summed E-state index contributed by atoms with van der Waals surface area (Å²) in [6, 6.07) is 3.24. The molecule has 1 aromatic carbocycles. The molecular formula is C12H15FN2O4S. The van der Waals surface area contributed by atoms with E-state index in [1.165, 1.54) is 17.0 Å². The molecule has 6 nitrogen and oxygen atoms in total. The van der Waals surface area contributed by atoms with Crippen molar-refractivity contribution in [3.8, 4) is 0 Å². The van der Waals surface area contributed by atoms with Crippen molar-refractivity contribution in [1.82, 2.24) is 0 Å². The molecule has 3 N–H and O–H groups in total. The number of carboxylic acids is 1. The zero-order valence-corrected chi connectivity index (χ0v) is 11.4. The van der Waals surface area contributed by atoms with E-state index in [1.54, 1.807) is 0 Å². The van der Waals surface area contributed by atoms with Crippen molar-refractivity contribution in [3.63, 3.8) is 0 Å². The van der Waals surface area contributed by atoms with Crippen molar-refractivity contribution in [1.29, 1.82) is 0 Å². The first-order chi connectivity index (χ1) is 9.27. The van der Waals surface area contributed by atoms with Crippen LogP contribution in [0.25, 0.3) is 0 Å². The highest BCUT2D eigenvalue weighted by molar-refractivity contribution is 7.89. The first-order valence-electron chi connectivity index (χ1n) is 6.06. The number of primary sulfonamides is 1. The van der Waals surface area contributed by atoms with Crippen LogP contribution < -0.4 is 10.0 Å². The van der Waals surface area contributed by atoms with Gasteiger partial charge in [0.25, 0.3) is 0 Å². The zero-order valence-electron chi connectivity index (χ0n) is 10.6. The maximum Gasteiger partial charge on any atom is 0.323 e. The SMILES string of the molecule is NS(=O)(=O)c1ccc(N(CC(=O)O)CC2CC2)c(F)c1. The molecule has 0 radical (unpaired) electrons. The fourth-order valence-corrected chi connectivity index (χ4v) is 2.47. The Morgan fingerprint density at radius 3 is 2.55 bits per heavy atom. The molecule has 0 aromatic heterocycles. The summed E-state index contributed by atoms with van der Waals surface area (Å²) in [6.45, 7) is 0.111. The van der Waals surface area contributed by atoms with E-state index in [-0.39, 0.29) is 17.1 Å². The highest BCUT2D eigenvalue weighted by atomic mass is 32.2. The van der Waals surface area contributed by atoms with Crippen LogP contribution in [0.4, 0.5) is 10.1 Å². The maximum absolute atomic E-state index is 14.0. The highest BCUT2D eigenvalue weighted by Crippen LogP contribution is 2.32. The number of carboxylic acid groups (broad SMARTS) is 1. The van der Waals surface area contributed by atoms with E-state index in [2.05, 4.69) is 0 Å². The number of hydrogen-bond acceptors (Lipinski definition) is 4. The second-order valence-corrected chi connectivity index (χ2v) is 6.44. The lowest BCUT2D eigenvalue weighted by Crippen LogP contribution is -2.32. The van der Waals surface area contributed by atoms with E-state index in [4.69, 9.17) is 10.2 Å². The molecule has 8 heteroatoms. The largest absolute Gasteiger partial charge is 0.480 e. The summed E-state index contributed by atoms with van der Waals surface area (Å²) in [5.41, 5.74) is 0.0756. The molecule has 0 heterocycles. The number of nitrogens with two attached hydrogens (primary N) is 1. The van der Waals surface area contributed by atoms with Gasteiger partial charge in [0.05, 0.1) is 10.6 Å². The molecule has 0 amide bonds. The van der Waals surface area contributed by atoms with Gasteiger partial charge in [0, 0.05) is 6.54 Å². The first-order valence-corrected chi connectivity index (χ1v) is 7.61. The smallest absolute Gasteiger partial charge is 0.323 e. The first kappa shape index (κ1) is 14.7. The molecule has 0 bridgehead atoms. The summed E-state index contributed by atoms with van der Waals surface area (Å²) in [7, 11) is -3.98. The minimum absolute atomic E-state index is 0.0756. The van der Waals surface area contributed by atoms with Crippen molar-refractivity contribution in [2.45, 2.75) is 17.7 Å². The van der Waals surface area contributed by atoms with Gasteiger partial charge in [0.2, 0.25) is 10.0 Å². The predicted molar refractivity (Wildman–Crippen MR) is 70.3 cm³/mol. The number of hydrogen-bond donors (Lipinski definition) is 2. The quantitative estimate of drug-likeness (QED) is 0.808. The van der Waals surface area contributed by atoms with E-state index >= 15 is 0 Å².